The van der Waals surface area contributed by atoms with Crippen LogP contribution in [0.4, 0.5) is 4.79 Å². The molecule has 0 saturated carbocycles. The molecule has 1 aromatic carbocycles. The van der Waals surface area contributed by atoms with Crippen molar-refractivity contribution in [3.05, 3.63) is 30.3 Å². The maximum Gasteiger partial charge on any atom is 0.312 e. The molecule has 1 saturated heterocycles. The largest absolute Gasteiger partial charge is 0.352 e. The van der Waals surface area contributed by atoms with Crippen LogP contribution < -0.4 is 11.1 Å². The van der Waals surface area contributed by atoms with Crippen molar-refractivity contribution in [3.63, 3.8) is 0 Å². The third kappa shape index (κ3) is 4.61. The summed E-state index contributed by atoms with van der Waals surface area (Å²) in [5, 5.41) is 2.75. The van der Waals surface area contributed by atoms with Crippen molar-refractivity contribution in [1.29, 1.82) is 0 Å². The third-order valence-electron chi connectivity index (χ3n) is 3.53. The number of amides is 2. The van der Waals surface area contributed by atoms with E-state index in [1.807, 2.05) is 30.3 Å². The van der Waals surface area contributed by atoms with Gasteiger partial charge in [-0.15, -0.1) is 0 Å². The van der Waals surface area contributed by atoms with Gasteiger partial charge in [-0.1, -0.05) is 18.2 Å². The van der Waals surface area contributed by atoms with E-state index in [0.717, 1.165) is 37.4 Å². The molecule has 1 aromatic rings. The average Bonchev–Trinajstić information content (AvgIpc) is 2.46. The Morgan fingerprint density at radius 3 is 2.55 bits per heavy atom. The van der Waals surface area contributed by atoms with E-state index >= 15 is 0 Å². The molecule has 0 spiro atoms. The lowest BCUT2D eigenvalue weighted by molar-refractivity contribution is 0.202. The van der Waals surface area contributed by atoms with Gasteiger partial charge < -0.3 is 16.0 Å². The summed E-state index contributed by atoms with van der Waals surface area (Å²) in [5.41, 5.74) is 5.12. The molecule has 1 atom stereocenters. The Balaban J connectivity index is 1.71. The summed E-state index contributed by atoms with van der Waals surface area (Å²) in [5.74, 6) is 0.651. The van der Waals surface area contributed by atoms with Crippen molar-refractivity contribution in [1.82, 2.24) is 10.2 Å². The predicted molar refractivity (Wildman–Crippen MR) is 79.9 cm³/mol. The fourth-order valence-corrected chi connectivity index (χ4v) is 3.52. The van der Waals surface area contributed by atoms with Gasteiger partial charge in [-0.3, -0.25) is 4.21 Å². The van der Waals surface area contributed by atoms with Crippen molar-refractivity contribution >= 4 is 16.8 Å². The molecule has 1 aliphatic rings. The van der Waals surface area contributed by atoms with E-state index in [1.165, 1.54) is 0 Å². The summed E-state index contributed by atoms with van der Waals surface area (Å²) in [6, 6.07) is 9.29. The van der Waals surface area contributed by atoms with Crippen LogP contribution in [-0.2, 0) is 10.8 Å². The minimum absolute atomic E-state index is 0.184. The molecule has 0 radical (unpaired) electrons. The minimum Gasteiger partial charge on any atom is -0.352 e. The van der Waals surface area contributed by atoms with Gasteiger partial charge in [-0.05, 0) is 25.0 Å². The number of piperidine rings is 1. The number of primary amides is 1. The first-order valence-electron chi connectivity index (χ1n) is 6.87. The van der Waals surface area contributed by atoms with Gasteiger partial charge >= 0.3 is 6.03 Å². The zero-order chi connectivity index (χ0) is 14.4. The molecule has 110 valence electrons. The number of benzene rings is 1. The van der Waals surface area contributed by atoms with Gasteiger partial charge in [0.05, 0.1) is 10.8 Å². The van der Waals surface area contributed by atoms with Crippen LogP contribution in [0, 0.1) is 0 Å². The molecule has 5 nitrogen and oxygen atoms in total. The Hall–Kier alpha value is -1.40. The van der Waals surface area contributed by atoms with Crippen molar-refractivity contribution in [2.24, 2.45) is 5.73 Å². The molecule has 1 fully saturated rings. The number of nitrogens with zero attached hydrogens (tertiary/aromatic N) is 1. The van der Waals surface area contributed by atoms with Crippen molar-refractivity contribution in [2.45, 2.75) is 23.8 Å². The number of carbonyl (C=O) groups excluding carboxylic acids is 1. The van der Waals surface area contributed by atoms with E-state index in [9.17, 15) is 9.00 Å². The lowest BCUT2D eigenvalue weighted by Crippen LogP contribution is -2.47. The second-order valence-corrected chi connectivity index (χ2v) is 6.56. The van der Waals surface area contributed by atoms with Gasteiger partial charge in [-0.25, -0.2) is 4.79 Å². The van der Waals surface area contributed by atoms with Crippen LogP contribution in [0.5, 0.6) is 0 Å². The van der Waals surface area contributed by atoms with Crippen LogP contribution in [0.15, 0.2) is 35.2 Å². The Morgan fingerprint density at radius 1 is 1.30 bits per heavy atom. The van der Waals surface area contributed by atoms with Gasteiger partial charge in [0.15, 0.2) is 0 Å². The van der Waals surface area contributed by atoms with E-state index in [0.29, 0.717) is 5.75 Å². The number of hydrogen-bond donors (Lipinski definition) is 2. The van der Waals surface area contributed by atoms with Gasteiger partial charge in [0.1, 0.15) is 0 Å². The van der Waals surface area contributed by atoms with Crippen LogP contribution in [0.2, 0.25) is 0 Å². The lowest BCUT2D eigenvalue weighted by atomic mass is 10.1. The number of nitrogens with two attached hydrogens (primary N) is 1. The zero-order valence-electron chi connectivity index (χ0n) is 11.5. The fraction of sp³-hybridized carbons (Fsp3) is 0.500. The van der Waals surface area contributed by atoms with E-state index in [4.69, 9.17) is 5.73 Å². The summed E-state index contributed by atoms with van der Waals surface area (Å²) >= 11 is 0. The summed E-state index contributed by atoms with van der Waals surface area (Å²) in [4.78, 5) is 14.0. The smallest absolute Gasteiger partial charge is 0.312 e. The highest BCUT2D eigenvalue weighted by molar-refractivity contribution is 7.85. The molecule has 1 heterocycles. The molecule has 20 heavy (non-hydrogen) atoms. The molecule has 0 aromatic heterocycles. The van der Waals surface area contributed by atoms with Crippen LogP contribution in [0.1, 0.15) is 12.8 Å². The van der Waals surface area contributed by atoms with Gasteiger partial charge in [0, 0.05) is 36.3 Å². The minimum atomic E-state index is -0.934. The number of carbonyl (C=O) groups is 1. The second kappa shape index (κ2) is 7.40. The molecular formula is C14H21N3O2S. The Morgan fingerprint density at radius 2 is 1.95 bits per heavy atom. The monoisotopic (exact) mass is 295 g/mol. The van der Waals surface area contributed by atoms with Crippen LogP contribution in [-0.4, -0.2) is 46.6 Å². The zero-order valence-corrected chi connectivity index (χ0v) is 12.3. The van der Waals surface area contributed by atoms with Gasteiger partial charge in [0.2, 0.25) is 0 Å². The summed E-state index contributed by atoms with van der Waals surface area (Å²) in [6.07, 6.45) is 1.81. The molecule has 2 rings (SSSR count). The van der Waals surface area contributed by atoms with Crippen LogP contribution >= 0.6 is 0 Å². The maximum absolute atomic E-state index is 12.1. The first-order chi connectivity index (χ1) is 9.65. The molecule has 0 bridgehead atoms. The lowest BCUT2D eigenvalue weighted by Gasteiger charge is -2.31. The third-order valence-corrected chi connectivity index (χ3v) is 4.88. The Bertz CT molecular complexity index is 459. The first-order valence-corrected chi connectivity index (χ1v) is 8.19. The fourth-order valence-electron chi connectivity index (χ4n) is 2.40. The Kier molecular flexibility index (Phi) is 5.55. The van der Waals surface area contributed by atoms with Crippen molar-refractivity contribution in [3.8, 4) is 0 Å². The molecule has 0 unspecified atom stereocenters. The van der Waals surface area contributed by atoms with E-state index in [1.54, 1.807) is 0 Å². The molecule has 6 heteroatoms. The first kappa shape index (κ1) is 15.0. The van der Waals surface area contributed by atoms with Crippen LogP contribution in [0.25, 0.3) is 0 Å². The van der Waals surface area contributed by atoms with Crippen molar-refractivity contribution in [2.75, 3.05) is 25.4 Å². The maximum atomic E-state index is 12.1. The summed E-state index contributed by atoms with van der Waals surface area (Å²) < 4.78 is 12.1. The van der Waals surface area contributed by atoms with Crippen molar-refractivity contribution < 1.29 is 9.00 Å². The number of rotatable bonds is 5. The normalized spacial score (nSPS) is 18.6. The molecule has 1 aliphatic heterocycles. The van der Waals surface area contributed by atoms with Crippen LogP contribution in [0.3, 0.4) is 0 Å². The standard InChI is InChI=1S/C14H21N3O2S/c15-14(18)16-12-6-8-17(9-7-12)10-11-20(19)13-4-2-1-3-5-13/h1-5,12H,6-11H2,(H3,15,16,18)/t20-/m1/s1. The SMILES string of the molecule is NC(=O)NC1CCN(CC[S@@](=O)c2ccccc2)CC1. The van der Waals surface area contributed by atoms with E-state index < -0.39 is 16.8 Å². The highest BCUT2D eigenvalue weighted by Gasteiger charge is 2.20. The molecule has 2 amide bonds. The number of nitrogens with one attached hydrogen (secondary N) is 1. The molecular weight excluding hydrogens is 274 g/mol. The highest BCUT2D eigenvalue weighted by Crippen LogP contribution is 2.11. The number of likely N-dealkylation sites (tertiary alicyclic amines) is 1. The second-order valence-electron chi connectivity index (χ2n) is 4.99. The number of hydrogen-bond acceptors (Lipinski definition) is 3. The highest BCUT2D eigenvalue weighted by atomic mass is 32.2. The Labute approximate surface area is 122 Å². The van der Waals surface area contributed by atoms with Gasteiger partial charge in [-0.2, -0.15) is 0 Å². The number of urea groups is 1. The average molecular weight is 295 g/mol. The molecule has 3 N–H and O–H groups in total. The summed E-state index contributed by atoms with van der Waals surface area (Å²) in [7, 11) is -0.934. The summed E-state index contributed by atoms with van der Waals surface area (Å²) in [6.45, 7) is 2.65. The van der Waals surface area contributed by atoms with E-state index in [-0.39, 0.29) is 6.04 Å². The molecule has 0 aliphatic carbocycles. The van der Waals surface area contributed by atoms with E-state index in [2.05, 4.69) is 10.2 Å². The quantitative estimate of drug-likeness (QED) is 0.848. The van der Waals surface area contributed by atoms with Gasteiger partial charge in [0.25, 0.3) is 0 Å². The topological polar surface area (TPSA) is 75.4 Å². The predicted octanol–water partition coefficient (Wildman–Crippen LogP) is 0.927.